The van der Waals surface area contributed by atoms with Crippen LogP contribution in [0.4, 0.5) is 11.4 Å². The van der Waals surface area contributed by atoms with E-state index in [-0.39, 0.29) is 11.5 Å². The first-order valence-corrected chi connectivity index (χ1v) is 9.75. The summed E-state index contributed by atoms with van der Waals surface area (Å²) < 4.78 is 0. The number of hydrogen-bond donors (Lipinski definition) is 2. The Bertz CT molecular complexity index is 906. The third-order valence-electron chi connectivity index (χ3n) is 5.01. The number of rotatable bonds is 7. The Labute approximate surface area is 168 Å². The van der Waals surface area contributed by atoms with E-state index >= 15 is 0 Å². The van der Waals surface area contributed by atoms with Gasteiger partial charge in [-0.05, 0) is 47.9 Å². The largest absolute Gasteiger partial charge is 0.360 e. The average Bonchev–Trinajstić information content (AvgIpc) is 2.69. The van der Waals surface area contributed by atoms with Gasteiger partial charge >= 0.3 is 0 Å². The summed E-state index contributed by atoms with van der Waals surface area (Å²) in [5.74, 6) is 0.245. The molecule has 0 radical (unpaired) electrons. The van der Waals surface area contributed by atoms with E-state index in [2.05, 4.69) is 44.4 Å². The SMILES string of the molecule is CCC(C)c1ccccc1N/C=C(/C#N)C(=O)Nc1c(C)cccc1C(C)C. The van der Waals surface area contributed by atoms with Crippen LogP contribution in [0.25, 0.3) is 0 Å². The zero-order valence-corrected chi connectivity index (χ0v) is 17.3. The van der Waals surface area contributed by atoms with E-state index in [1.807, 2.05) is 49.4 Å². The van der Waals surface area contributed by atoms with Gasteiger partial charge in [0.15, 0.2) is 0 Å². The van der Waals surface area contributed by atoms with Crippen LogP contribution in [0.5, 0.6) is 0 Å². The summed E-state index contributed by atoms with van der Waals surface area (Å²) in [4.78, 5) is 12.7. The smallest absolute Gasteiger partial charge is 0.267 e. The molecule has 0 heterocycles. The molecule has 1 amide bonds. The van der Waals surface area contributed by atoms with Gasteiger partial charge in [0.1, 0.15) is 11.6 Å². The number of nitriles is 1. The summed E-state index contributed by atoms with van der Waals surface area (Å²) in [6.45, 7) is 10.4. The van der Waals surface area contributed by atoms with Crippen molar-refractivity contribution in [2.24, 2.45) is 0 Å². The minimum Gasteiger partial charge on any atom is -0.360 e. The normalized spacial score (nSPS) is 12.4. The van der Waals surface area contributed by atoms with Crippen LogP contribution in [0.2, 0.25) is 0 Å². The van der Waals surface area contributed by atoms with Crippen molar-refractivity contribution >= 4 is 17.3 Å². The van der Waals surface area contributed by atoms with Crippen LogP contribution in [0.15, 0.2) is 54.2 Å². The summed E-state index contributed by atoms with van der Waals surface area (Å²) in [7, 11) is 0. The lowest BCUT2D eigenvalue weighted by atomic mass is 9.97. The molecule has 1 atom stereocenters. The molecule has 0 fully saturated rings. The molecule has 0 bridgehead atoms. The van der Waals surface area contributed by atoms with Gasteiger partial charge in [0, 0.05) is 17.6 Å². The number of para-hydroxylation sites is 2. The lowest BCUT2D eigenvalue weighted by Gasteiger charge is -2.17. The Kier molecular flexibility index (Phi) is 7.40. The molecule has 0 saturated heterocycles. The van der Waals surface area contributed by atoms with Crippen LogP contribution in [0.1, 0.15) is 62.6 Å². The fourth-order valence-electron chi connectivity index (χ4n) is 3.10. The van der Waals surface area contributed by atoms with Crippen molar-refractivity contribution in [3.05, 3.63) is 70.9 Å². The predicted molar refractivity (Wildman–Crippen MR) is 116 cm³/mol. The summed E-state index contributed by atoms with van der Waals surface area (Å²) in [5, 5.41) is 15.6. The Morgan fingerprint density at radius 1 is 1.11 bits per heavy atom. The Morgan fingerprint density at radius 2 is 1.79 bits per heavy atom. The maximum absolute atomic E-state index is 12.7. The molecule has 4 nitrogen and oxygen atoms in total. The molecule has 0 aliphatic rings. The van der Waals surface area contributed by atoms with E-state index < -0.39 is 5.91 Å². The minimum absolute atomic E-state index is 0.0388. The second kappa shape index (κ2) is 9.75. The molecule has 1 unspecified atom stereocenters. The van der Waals surface area contributed by atoms with E-state index in [0.717, 1.165) is 28.9 Å². The number of amides is 1. The van der Waals surface area contributed by atoms with Gasteiger partial charge in [0.05, 0.1) is 0 Å². The summed E-state index contributed by atoms with van der Waals surface area (Å²) >= 11 is 0. The van der Waals surface area contributed by atoms with Crippen LogP contribution in [0.3, 0.4) is 0 Å². The quantitative estimate of drug-likeness (QED) is 0.454. The Balaban J connectivity index is 2.26. The standard InChI is InChI=1S/C24H29N3O/c1-6-17(4)21-11-7-8-13-22(21)26-15-19(14-25)24(28)27-23-18(5)10-9-12-20(23)16(2)3/h7-13,15-17,26H,6H2,1-5H3,(H,27,28)/b19-15-. The van der Waals surface area contributed by atoms with Crippen molar-refractivity contribution < 1.29 is 4.79 Å². The lowest BCUT2D eigenvalue weighted by Crippen LogP contribution is -2.17. The highest BCUT2D eigenvalue weighted by Gasteiger charge is 2.15. The predicted octanol–water partition coefficient (Wildman–Crippen LogP) is 6.09. The number of anilines is 2. The first-order valence-electron chi connectivity index (χ1n) is 9.75. The van der Waals surface area contributed by atoms with Crippen LogP contribution >= 0.6 is 0 Å². The zero-order chi connectivity index (χ0) is 20.7. The van der Waals surface area contributed by atoms with Gasteiger partial charge in [-0.3, -0.25) is 4.79 Å². The van der Waals surface area contributed by atoms with Gasteiger partial charge in [0.2, 0.25) is 0 Å². The average molecular weight is 376 g/mol. The Hall–Kier alpha value is -3.06. The second-order valence-corrected chi connectivity index (χ2v) is 7.36. The van der Waals surface area contributed by atoms with E-state index in [1.165, 1.54) is 11.8 Å². The number of nitrogens with one attached hydrogen (secondary N) is 2. The zero-order valence-electron chi connectivity index (χ0n) is 17.3. The van der Waals surface area contributed by atoms with Crippen molar-refractivity contribution in [1.29, 1.82) is 5.26 Å². The summed E-state index contributed by atoms with van der Waals surface area (Å²) in [6.07, 6.45) is 2.50. The molecule has 2 aromatic rings. The van der Waals surface area contributed by atoms with Crippen molar-refractivity contribution in [3.63, 3.8) is 0 Å². The molecule has 0 spiro atoms. The number of aryl methyl sites for hydroxylation is 1. The van der Waals surface area contributed by atoms with E-state index in [0.29, 0.717) is 5.92 Å². The topological polar surface area (TPSA) is 64.9 Å². The molecule has 146 valence electrons. The van der Waals surface area contributed by atoms with Gasteiger partial charge in [-0.2, -0.15) is 5.26 Å². The van der Waals surface area contributed by atoms with Crippen molar-refractivity contribution in [1.82, 2.24) is 0 Å². The number of carbonyl (C=O) groups excluding carboxylic acids is 1. The molecule has 4 heteroatoms. The fraction of sp³-hybridized carbons (Fsp3) is 0.333. The molecule has 2 rings (SSSR count). The molecule has 0 aliphatic heterocycles. The van der Waals surface area contributed by atoms with Crippen LogP contribution < -0.4 is 10.6 Å². The fourth-order valence-corrected chi connectivity index (χ4v) is 3.10. The minimum atomic E-state index is -0.410. The number of nitrogens with zero attached hydrogens (tertiary/aromatic N) is 1. The monoisotopic (exact) mass is 375 g/mol. The first kappa shape index (κ1) is 21.2. The van der Waals surface area contributed by atoms with Crippen molar-refractivity contribution in [2.75, 3.05) is 10.6 Å². The molecular formula is C24H29N3O. The highest BCUT2D eigenvalue weighted by atomic mass is 16.1. The number of hydrogen-bond acceptors (Lipinski definition) is 3. The van der Waals surface area contributed by atoms with Crippen LogP contribution in [-0.4, -0.2) is 5.91 Å². The van der Waals surface area contributed by atoms with E-state index in [9.17, 15) is 10.1 Å². The van der Waals surface area contributed by atoms with Gasteiger partial charge in [0.25, 0.3) is 5.91 Å². The van der Waals surface area contributed by atoms with E-state index in [4.69, 9.17) is 0 Å². The third kappa shape index (κ3) is 5.01. The molecule has 0 aliphatic carbocycles. The van der Waals surface area contributed by atoms with Crippen molar-refractivity contribution in [2.45, 2.75) is 52.9 Å². The first-order chi connectivity index (χ1) is 13.4. The van der Waals surface area contributed by atoms with E-state index in [1.54, 1.807) is 0 Å². The Morgan fingerprint density at radius 3 is 2.43 bits per heavy atom. The molecular weight excluding hydrogens is 346 g/mol. The molecule has 28 heavy (non-hydrogen) atoms. The highest BCUT2D eigenvalue weighted by molar-refractivity contribution is 6.07. The second-order valence-electron chi connectivity index (χ2n) is 7.36. The summed E-state index contributed by atoms with van der Waals surface area (Å²) in [6, 6.07) is 15.9. The van der Waals surface area contributed by atoms with Gasteiger partial charge in [-0.1, -0.05) is 64.1 Å². The van der Waals surface area contributed by atoms with Gasteiger partial charge < -0.3 is 10.6 Å². The highest BCUT2D eigenvalue weighted by Crippen LogP contribution is 2.28. The molecule has 2 aromatic carbocycles. The number of carbonyl (C=O) groups is 1. The molecule has 0 aromatic heterocycles. The van der Waals surface area contributed by atoms with Crippen LogP contribution in [0, 0.1) is 18.3 Å². The third-order valence-corrected chi connectivity index (χ3v) is 5.01. The van der Waals surface area contributed by atoms with Crippen molar-refractivity contribution in [3.8, 4) is 6.07 Å². The lowest BCUT2D eigenvalue weighted by molar-refractivity contribution is -0.112. The molecule has 0 saturated carbocycles. The maximum atomic E-state index is 12.7. The van der Waals surface area contributed by atoms with Gasteiger partial charge in [-0.15, -0.1) is 0 Å². The summed E-state index contributed by atoms with van der Waals surface area (Å²) in [5.41, 5.74) is 4.93. The van der Waals surface area contributed by atoms with Gasteiger partial charge in [-0.25, -0.2) is 0 Å². The maximum Gasteiger partial charge on any atom is 0.267 e. The molecule has 2 N–H and O–H groups in total. The van der Waals surface area contributed by atoms with Crippen LogP contribution in [-0.2, 0) is 4.79 Å². The number of benzene rings is 2.